The molecular weight excluding hydrogens is 374 g/mol. The number of carbonyl (C=O) groups is 2. The standard InChI is InChI=1S/C25H27N3O2/c1-4-28(22-10-6-5-7-11-22)25(30)20-13-15-21(16-14-20)27-24(29)17-26-23-12-8-9-18(2)19(23)3/h5-16,26H,4,17H2,1-3H3,(H,27,29). The van der Waals surface area contributed by atoms with E-state index in [1.54, 1.807) is 29.2 Å². The van der Waals surface area contributed by atoms with Crippen molar-refractivity contribution in [2.75, 3.05) is 28.6 Å². The number of rotatable bonds is 7. The molecule has 0 bridgehead atoms. The van der Waals surface area contributed by atoms with E-state index in [1.807, 2.05) is 69.3 Å². The Kier molecular flexibility index (Phi) is 6.86. The van der Waals surface area contributed by atoms with E-state index in [0.717, 1.165) is 16.9 Å². The highest BCUT2D eigenvalue weighted by atomic mass is 16.2. The van der Waals surface area contributed by atoms with Crippen molar-refractivity contribution in [1.29, 1.82) is 0 Å². The number of hydrogen-bond acceptors (Lipinski definition) is 3. The number of para-hydroxylation sites is 1. The maximum absolute atomic E-state index is 12.9. The first-order valence-electron chi connectivity index (χ1n) is 10.1. The monoisotopic (exact) mass is 401 g/mol. The lowest BCUT2D eigenvalue weighted by Crippen LogP contribution is -2.30. The van der Waals surface area contributed by atoms with Gasteiger partial charge in [0, 0.05) is 29.2 Å². The van der Waals surface area contributed by atoms with Crippen molar-refractivity contribution in [2.24, 2.45) is 0 Å². The zero-order valence-electron chi connectivity index (χ0n) is 17.6. The predicted molar refractivity (Wildman–Crippen MR) is 123 cm³/mol. The zero-order chi connectivity index (χ0) is 21.5. The van der Waals surface area contributed by atoms with Crippen LogP contribution in [0.4, 0.5) is 17.1 Å². The maximum atomic E-state index is 12.9. The molecule has 0 aromatic heterocycles. The molecular formula is C25H27N3O2. The number of nitrogens with zero attached hydrogens (tertiary/aromatic N) is 1. The van der Waals surface area contributed by atoms with Crippen LogP contribution in [0.1, 0.15) is 28.4 Å². The van der Waals surface area contributed by atoms with Gasteiger partial charge in [-0.25, -0.2) is 0 Å². The molecule has 0 aliphatic heterocycles. The van der Waals surface area contributed by atoms with Gasteiger partial charge in [0.15, 0.2) is 0 Å². The fourth-order valence-electron chi connectivity index (χ4n) is 3.23. The molecule has 2 amide bonds. The van der Waals surface area contributed by atoms with E-state index in [1.165, 1.54) is 5.56 Å². The lowest BCUT2D eigenvalue weighted by Gasteiger charge is -2.21. The number of nitrogens with one attached hydrogen (secondary N) is 2. The summed E-state index contributed by atoms with van der Waals surface area (Å²) < 4.78 is 0. The van der Waals surface area contributed by atoms with E-state index in [2.05, 4.69) is 10.6 Å². The van der Waals surface area contributed by atoms with Crippen molar-refractivity contribution in [1.82, 2.24) is 0 Å². The van der Waals surface area contributed by atoms with Crippen molar-refractivity contribution >= 4 is 28.9 Å². The highest BCUT2D eigenvalue weighted by Gasteiger charge is 2.16. The van der Waals surface area contributed by atoms with Gasteiger partial charge in [-0.2, -0.15) is 0 Å². The largest absolute Gasteiger partial charge is 0.376 e. The number of hydrogen-bond donors (Lipinski definition) is 2. The number of aryl methyl sites for hydroxylation is 1. The second kappa shape index (κ2) is 9.74. The fraction of sp³-hybridized carbons (Fsp3) is 0.200. The summed E-state index contributed by atoms with van der Waals surface area (Å²) in [6, 6.07) is 22.5. The molecule has 30 heavy (non-hydrogen) atoms. The van der Waals surface area contributed by atoms with Crippen LogP contribution in [0, 0.1) is 13.8 Å². The van der Waals surface area contributed by atoms with Gasteiger partial charge in [0.1, 0.15) is 0 Å². The third-order valence-corrected chi connectivity index (χ3v) is 5.09. The van der Waals surface area contributed by atoms with Gasteiger partial charge in [0.2, 0.25) is 5.91 Å². The molecule has 3 aromatic carbocycles. The van der Waals surface area contributed by atoms with Crippen molar-refractivity contribution in [3.8, 4) is 0 Å². The summed E-state index contributed by atoms with van der Waals surface area (Å²) in [4.78, 5) is 26.9. The Bertz CT molecular complexity index is 1010. The first-order valence-corrected chi connectivity index (χ1v) is 10.1. The molecule has 0 radical (unpaired) electrons. The third-order valence-electron chi connectivity index (χ3n) is 5.09. The van der Waals surface area contributed by atoms with Crippen LogP contribution in [0.3, 0.4) is 0 Å². The van der Waals surface area contributed by atoms with Crippen LogP contribution in [0.15, 0.2) is 72.8 Å². The smallest absolute Gasteiger partial charge is 0.258 e. The van der Waals surface area contributed by atoms with E-state index in [9.17, 15) is 9.59 Å². The minimum absolute atomic E-state index is 0.0711. The van der Waals surface area contributed by atoms with E-state index >= 15 is 0 Å². The first-order chi connectivity index (χ1) is 14.5. The number of anilines is 3. The number of benzene rings is 3. The predicted octanol–water partition coefficient (Wildman–Crippen LogP) is 5.02. The van der Waals surface area contributed by atoms with Gasteiger partial charge in [-0.3, -0.25) is 9.59 Å². The maximum Gasteiger partial charge on any atom is 0.258 e. The van der Waals surface area contributed by atoms with Crippen molar-refractivity contribution < 1.29 is 9.59 Å². The van der Waals surface area contributed by atoms with E-state index in [4.69, 9.17) is 0 Å². The molecule has 0 saturated carbocycles. The average Bonchev–Trinajstić information content (AvgIpc) is 2.76. The molecule has 3 rings (SSSR count). The molecule has 2 N–H and O–H groups in total. The Hall–Kier alpha value is -3.60. The molecule has 0 fully saturated rings. The van der Waals surface area contributed by atoms with Crippen molar-refractivity contribution in [3.63, 3.8) is 0 Å². The first kappa shape index (κ1) is 21.1. The highest BCUT2D eigenvalue weighted by Crippen LogP contribution is 2.19. The summed E-state index contributed by atoms with van der Waals surface area (Å²) in [5, 5.41) is 6.03. The molecule has 0 unspecified atom stereocenters. The molecule has 0 saturated heterocycles. The molecule has 5 nitrogen and oxygen atoms in total. The normalized spacial score (nSPS) is 10.4. The minimum atomic E-state index is -0.144. The van der Waals surface area contributed by atoms with E-state index < -0.39 is 0 Å². The SMILES string of the molecule is CCN(C(=O)c1ccc(NC(=O)CNc2cccc(C)c2C)cc1)c1ccccc1. The summed E-state index contributed by atoms with van der Waals surface area (Å²) >= 11 is 0. The average molecular weight is 402 g/mol. The molecule has 154 valence electrons. The van der Waals surface area contributed by atoms with E-state index in [0.29, 0.717) is 17.8 Å². The summed E-state index contributed by atoms with van der Waals surface area (Å²) in [5.41, 5.74) is 5.35. The van der Waals surface area contributed by atoms with Crippen LogP contribution in [-0.2, 0) is 4.79 Å². The third kappa shape index (κ3) is 5.06. The number of amides is 2. The van der Waals surface area contributed by atoms with Crippen LogP contribution < -0.4 is 15.5 Å². The van der Waals surface area contributed by atoms with Gasteiger partial charge >= 0.3 is 0 Å². The Morgan fingerprint density at radius 2 is 1.57 bits per heavy atom. The summed E-state index contributed by atoms with van der Waals surface area (Å²) in [7, 11) is 0. The lowest BCUT2D eigenvalue weighted by atomic mass is 10.1. The zero-order valence-corrected chi connectivity index (χ0v) is 17.6. The van der Waals surface area contributed by atoms with Crippen molar-refractivity contribution in [3.05, 3.63) is 89.5 Å². The summed E-state index contributed by atoms with van der Waals surface area (Å²) in [5.74, 6) is -0.215. The molecule has 0 spiro atoms. The molecule has 5 heteroatoms. The van der Waals surface area contributed by atoms with Crippen LogP contribution in [0.2, 0.25) is 0 Å². The topological polar surface area (TPSA) is 61.4 Å². The Morgan fingerprint density at radius 3 is 2.23 bits per heavy atom. The van der Waals surface area contributed by atoms with Gasteiger partial charge in [-0.15, -0.1) is 0 Å². The second-order valence-corrected chi connectivity index (χ2v) is 7.11. The quantitative estimate of drug-likeness (QED) is 0.584. The van der Waals surface area contributed by atoms with Gasteiger partial charge in [0.05, 0.1) is 6.54 Å². The molecule has 0 aliphatic carbocycles. The van der Waals surface area contributed by atoms with Crippen LogP contribution in [-0.4, -0.2) is 24.9 Å². The van der Waals surface area contributed by atoms with Gasteiger partial charge in [-0.05, 0) is 74.4 Å². The van der Waals surface area contributed by atoms with Gasteiger partial charge < -0.3 is 15.5 Å². The van der Waals surface area contributed by atoms with Gasteiger partial charge in [-0.1, -0.05) is 30.3 Å². The van der Waals surface area contributed by atoms with Crippen molar-refractivity contribution in [2.45, 2.75) is 20.8 Å². The molecule has 0 atom stereocenters. The van der Waals surface area contributed by atoms with Gasteiger partial charge in [0.25, 0.3) is 5.91 Å². The molecule has 0 heterocycles. The summed E-state index contributed by atoms with van der Waals surface area (Å²) in [6.07, 6.45) is 0. The molecule has 0 aliphatic rings. The van der Waals surface area contributed by atoms with Crippen LogP contribution in [0.5, 0.6) is 0 Å². The Morgan fingerprint density at radius 1 is 0.867 bits per heavy atom. The van der Waals surface area contributed by atoms with Crippen LogP contribution >= 0.6 is 0 Å². The fourth-order valence-corrected chi connectivity index (χ4v) is 3.23. The summed E-state index contributed by atoms with van der Waals surface area (Å²) in [6.45, 7) is 6.76. The lowest BCUT2D eigenvalue weighted by molar-refractivity contribution is -0.114. The number of carbonyl (C=O) groups excluding carboxylic acids is 2. The molecule has 3 aromatic rings. The Balaban J connectivity index is 1.60. The second-order valence-electron chi connectivity index (χ2n) is 7.11. The van der Waals surface area contributed by atoms with E-state index in [-0.39, 0.29) is 18.4 Å². The van der Waals surface area contributed by atoms with Crippen LogP contribution in [0.25, 0.3) is 0 Å². The highest BCUT2D eigenvalue weighted by molar-refractivity contribution is 6.06. The minimum Gasteiger partial charge on any atom is -0.376 e. The Labute approximate surface area is 177 Å².